The number of halogens is 1. The SMILES string of the molecule is CCc1cc(C(=O)N2CCCCC[C@H]2C)nc2cc(-c3ccc(C(N)=O)cc3F)nn12. The Morgan fingerprint density at radius 1 is 1.19 bits per heavy atom. The normalized spacial score (nSPS) is 17.0. The first kappa shape index (κ1) is 21.0. The summed E-state index contributed by atoms with van der Waals surface area (Å²) in [5, 5.41) is 4.51. The molecule has 4 rings (SSSR count). The van der Waals surface area contributed by atoms with Gasteiger partial charge in [0.15, 0.2) is 5.65 Å². The number of aromatic nitrogens is 3. The number of benzene rings is 1. The molecule has 0 bridgehead atoms. The molecule has 2 N–H and O–H groups in total. The first-order valence-electron chi connectivity index (χ1n) is 10.7. The Bertz CT molecular complexity index is 1160. The van der Waals surface area contributed by atoms with Crippen molar-refractivity contribution in [1.82, 2.24) is 19.5 Å². The third-order valence-corrected chi connectivity index (χ3v) is 5.93. The van der Waals surface area contributed by atoms with E-state index in [1.807, 2.05) is 11.8 Å². The van der Waals surface area contributed by atoms with Crippen LogP contribution >= 0.6 is 0 Å². The molecule has 1 aliphatic rings. The van der Waals surface area contributed by atoms with Crippen molar-refractivity contribution in [3.05, 3.63) is 53.1 Å². The number of hydrogen-bond acceptors (Lipinski definition) is 4. The van der Waals surface area contributed by atoms with E-state index < -0.39 is 11.7 Å². The summed E-state index contributed by atoms with van der Waals surface area (Å²) in [5.41, 5.74) is 7.62. The van der Waals surface area contributed by atoms with Gasteiger partial charge in [0.2, 0.25) is 5.91 Å². The quantitative estimate of drug-likeness (QED) is 0.694. The van der Waals surface area contributed by atoms with Crippen LogP contribution in [0.4, 0.5) is 4.39 Å². The van der Waals surface area contributed by atoms with Gasteiger partial charge >= 0.3 is 0 Å². The summed E-state index contributed by atoms with van der Waals surface area (Å²) in [6, 6.07) is 7.66. The van der Waals surface area contributed by atoms with Crippen LogP contribution in [0.2, 0.25) is 0 Å². The van der Waals surface area contributed by atoms with E-state index in [2.05, 4.69) is 17.0 Å². The minimum Gasteiger partial charge on any atom is -0.366 e. The predicted molar refractivity (Wildman–Crippen MR) is 115 cm³/mol. The third-order valence-electron chi connectivity index (χ3n) is 5.93. The van der Waals surface area contributed by atoms with Gasteiger partial charge in [-0.05, 0) is 50.5 Å². The molecule has 2 amide bonds. The number of hydrogen-bond donors (Lipinski definition) is 1. The van der Waals surface area contributed by atoms with E-state index in [4.69, 9.17) is 5.73 Å². The maximum absolute atomic E-state index is 14.6. The van der Waals surface area contributed by atoms with Crippen LogP contribution < -0.4 is 5.73 Å². The second-order valence-electron chi connectivity index (χ2n) is 8.04. The highest BCUT2D eigenvalue weighted by Crippen LogP contribution is 2.25. The lowest BCUT2D eigenvalue weighted by Gasteiger charge is -2.27. The molecule has 2 aromatic heterocycles. The Balaban J connectivity index is 1.75. The van der Waals surface area contributed by atoms with Gasteiger partial charge in [-0.1, -0.05) is 19.8 Å². The van der Waals surface area contributed by atoms with E-state index in [9.17, 15) is 14.0 Å². The van der Waals surface area contributed by atoms with E-state index in [0.29, 0.717) is 23.5 Å². The molecule has 3 aromatic rings. The predicted octanol–water partition coefficient (Wildman–Crippen LogP) is 3.60. The van der Waals surface area contributed by atoms with Crippen molar-refractivity contribution in [2.45, 2.75) is 52.0 Å². The molecule has 0 unspecified atom stereocenters. The van der Waals surface area contributed by atoms with E-state index >= 15 is 0 Å². The fourth-order valence-corrected chi connectivity index (χ4v) is 4.13. The van der Waals surface area contributed by atoms with Crippen molar-refractivity contribution in [1.29, 1.82) is 0 Å². The first-order chi connectivity index (χ1) is 14.9. The zero-order valence-corrected chi connectivity index (χ0v) is 17.8. The van der Waals surface area contributed by atoms with E-state index in [0.717, 1.165) is 44.0 Å². The maximum Gasteiger partial charge on any atom is 0.272 e. The van der Waals surface area contributed by atoms with E-state index in [1.54, 1.807) is 16.6 Å². The number of carbonyl (C=O) groups excluding carboxylic acids is 2. The summed E-state index contributed by atoms with van der Waals surface area (Å²) < 4.78 is 16.2. The van der Waals surface area contributed by atoms with Gasteiger partial charge in [-0.2, -0.15) is 5.10 Å². The van der Waals surface area contributed by atoms with Gasteiger partial charge in [0.05, 0.1) is 5.69 Å². The minimum atomic E-state index is -0.693. The highest BCUT2D eigenvalue weighted by molar-refractivity contribution is 5.94. The standard InChI is InChI=1S/C23H26FN5O2/c1-3-16-12-20(23(31)28-10-6-4-5-7-14(28)2)26-21-13-19(27-29(16)21)17-9-8-15(22(25)30)11-18(17)24/h8-9,11-14H,3-7,10H2,1-2H3,(H2,25,30)/t14-/m1/s1. The number of carbonyl (C=O) groups is 2. The monoisotopic (exact) mass is 423 g/mol. The number of nitrogens with two attached hydrogens (primary N) is 1. The van der Waals surface area contributed by atoms with Gasteiger partial charge in [0.25, 0.3) is 5.91 Å². The molecule has 0 saturated carbocycles. The van der Waals surface area contributed by atoms with Crippen molar-refractivity contribution < 1.29 is 14.0 Å². The summed E-state index contributed by atoms with van der Waals surface area (Å²) in [6.45, 7) is 4.79. The van der Waals surface area contributed by atoms with Gasteiger partial charge in [-0.15, -0.1) is 0 Å². The van der Waals surface area contributed by atoms with Crippen molar-refractivity contribution in [2.24, 2.45) is 5.73 Å². The molecule has 1 aromatic carbocycles. The summed E-state index contributed by atoms with van der Waals surface area (Å²) in [5.74, 6) is -1.36. The average molecular weight is 423 g/mol. The van der Waals surface area contributed by atoms with Crippen LogP contribution in [0.5, 0.6) is 0 Å². The Kier molecular flexibility index (Phi) is 5.71. The van der Waals surface area contributed by atoms with Crippen molar-refractivity contribution in [3.63, 3.8) is 0 Å². The first-order valence-corrected chi connectivity index (χ1v) is 10.7. The number of nitrogens with zero attached hydrogens (tertiary/aromatic N) is 4. The minimum absolute atomic E-state index is 0.0775. The van der Waals surface area contributed by atoms with E-state index in [-0.39, 0.29) is 23.1 Å². The Morgan fingerprint density at radius 2 is 2.00 bits per heavy atom. The van der Waals surface area contributed by atoms with Crippen LogP contribution in [0.1, 0.15) is 66.1 Å². The number of likely N-dealkylation sites (tertiary alicyclic amines) is 1. The van der Waals surface area contributed by atoms with Crippen molar-refractivity contribution in [3.8, 4) is 11.3 Å². The van der Waals surface area contributed by atoms with Crippen LogP contribution in [0.25, 0.3) is 16.9 Å². The fourth-order valence-electron chi connectivity index (χ4n) is 4.13. The Labute approximate surface area is 180 Å². The topological polar surface area (TPSA) is 93.6 Å². The summed E-state index contributed by atoms with van der Waals surface area (Å²) in [6.07, 6.45) is 4.89. The van der Waals surface area contributed by atoms with Crippen molar-refractivity contribution >= 4 is 17.5 Å². The van der Waals surface area contributed by atoms with Crippen LogP contribution in [-0.2, 0) is 6.42 Å². The second kappa shape index (κ2) is 8.45. The number of primary amides is 1. The van der Waals surface area contributed by atoms with Crippen LogP contribution in [0.15, 0.2) is 30.3 Å². The number of amides is 2. The molecule has 8 heteroatoms. The lowest BCUT2D eigenvalue weighted by molar-refractivity contribution is 0.0691. The zero-order valence-electron chi connectivity index (χ0n) is 17.8. The molecule has 0 aliphatic carbocycles. The van der Waals surface area contributed by atoms with Gasteiger partial charge in [-0.3, -0.25) is 9.59 Å². The summed E-state index contributed by atoms with van der Waals surface area (Å²) >= 11 is 0. The molecule has 3 heterocycles. The maximum atomic E-state index is 14.6. The number of aryl methyl sites for hydroxylation is 1. The molecule has 162 valence electrons. The Hall–Kier alpha value is -3.29. The van der Waals surface area contributed by atoms with Crippen LogP contribution in [-0.4, -0.2) is 43.9 Å². The molecule has 1 saturated heterocycles. The molecular weight excluding hydrogens is 397 g/mol. The molecule has 1 aliphatic heterocycles. The third kappa shape index (κ3) is 4.02. The van der Waals surface area contributed by atoms with Gasteiger partial charge in [0.1, 0.15) is 11.5 Å². The number of fused-ring (bicyclic) bond motifs is 1. The highest BCUT2D eigenvalue weighted by atomic mass is 19.1. The molecule has 7 nitrogen and oxygen atoms in total. The van der Waals surface area contributed by atoms with Gasteiger partial charge < -0.3 is 10.6 Å². The zero-order chi connectivity index (χ0) is 22.1. The van der Waals surface area contributed by atoms with Crippen molar-refractivity contribution in [2.75, 3.05) is 6.54 Å². The van der Waals surface area contributed by atoms with E-state index in [1.165, 1.54) is 12.1 Å². The smallest absolute Gasteiger partial charge is 0.272 e. The largest absolute Gasteiger partial charge is 0.366 e. The molecular formula is C23H26FN5O2. The molecule has 1 atom stereocenters. The second-order valence-corrected chi connectivity index (χ2v) is 8.04. The van der Waals surface area contributed by atoms with Crippen LogP contribution in [0.3, 0.4) is 0 Å². The lowest BCUT2D eigenvalue weighted by atomic mass is 10.1. The van der Waals surface area contributed by atoms with Gasteiger partial charge in [0, 0.05) is 35.5 Å². The Morgan fingerprint density at radius 3 is 2.71 bits per heavy atom. The number of rotatable bonds is 4. The molecule has 0 radical (unpaired) electrons. The fraction of sp³-hybridized carbons (Fsp3) is 0.391. The lowest BCUT2D eigenvalue weighted by Crippen LogP contribution is -2.38. The molecule has 31 heavy (non-hydrogen) atoms. The molecule has 1 fully saturated rings. The van der Waals surface area contributed by atoms with Gasteiger partial charge in [-0.25, -0.2) is 13.9 Å². The highest BCUT2D eigenvalue weighted by Gasteiger charge is 2.25. The van der Waals surface area contributed by atoms with Crippen LogP contribution in [0, 0.1) is 5.82 Å². The summed E-state index contributed by atoms with van der Waals surface area (Å²) in [7, 11) is 0. The summed E-state index contributed by atoms with van der Waals surface area (Å²) in [4.78, 5) is 31.0. The molecule has 0 spiro atoms. The average Bonchev–Trinajstić information content (AvgIpc) is 3.06.